The fraction of sp³-hybridized carbons (Fsp3) is 0.214. The first kappa shape index (κ1) is 17.0. The number of aromatic nitrogens is 2. The number of nitrogens with zero attached hydrogens (tertiary/aromatic N) is 2. The molecule has 0 aliphatic carbocycles. The number of carbonyl (C=O) groups is 1. The molecule has 0 radical (unpaired) electrons. The summed E-state index contributed by atoms with van der Waals surface area (Å²) >= 11 is 15.5. The summed E-state index contributed by atoms with van der Waals surface area (Å²) in [5.41, 5.74) is 1.33. The van der Waals surface area contributed by atoms with E-state index in [1.165, 1.54) is 0 Å². The summed E-state index contributed by atoms with van der Waals surface area (Å²) < 4.78 is 0.693. The summed E-state index contributed by atoms with van der Waals surface area (Å²) in [6.07, 6.45) is 1.61. The van der Waals surface area contributed by atoms with Gasteiger partial charge in [-0.25, -0.2) is 9.97 Å². The van der Waals surface area contributed by atoms with E-state index in [4.69, 9.17) is 23.2 Å². The predicted molar refractivity (Wildman–Crippen MR) is 93.0 cm³/mol. The Labute approximate surface area is 146 Å². The average molecular weight is 404 g/mol. The molecular weight excluding hydrogens is 391 g/mol. The van der Waals surface area contributed by atoms with Gasteiger partial charge in [-0.1, -0.05) is 23.2 Å². The number of halogens is 3. The number of amides is 1. The summed E-state index contributed by atoms with van der Waals surface area (Å²) in [5, 5.41) is 6.19. The molecule has 116 valence electrons. The quantitative estimate of drug-likeness (QED) is 0.735. The first-order valence-corrected chi connectivity index (χ1v) is 8.00. The third-order valence-electron chi connectivity index (χ3n) is 2.74. The van der Waals surface area contributed by atoms with Crippen LogP contribution in [0.15, 0.2) is 22.8 Å². The van der Waals surface area contributed by atoms with Crippen molar-refractivity contribution in [2.45, 2.75) is 13.8 Å². The molecule has 2 heterocycles. The molecule has 0 aromatic carbocycles. The Hall–Kier alpha value is -1.37. The van der Waals surface area contributed by atoms with E-state index < -0.39 is 0 Å². The Morgan fingerprint density at radius 2 is 2.09 bits per heavy atom. The Morgan fingerprint density at radius 3 is 2.73 bits per heavy atom. The van der Waals surface area contributed by atoms with E-state index in [0.29, 0.717) is 33.1 Å². The van der Waals surface area contributed by atoms with Crippen molar-refractivity contribution in [3.63, 3.8) is 0 Å². The summed E-state index contributed by atoms with van der Waals surface area (Å²) in [6, 6.07) is 3.30. The number of hydrogen-bond donors (Lipinski definition) is 2. The lowest BCUT2D eigenvalue weighted by Crippen LogP contribution is -2.16. The van der Waals surface area contributed by atoms with Crippen LogP contribution in [0.25, 0.3) is 0 Å². The van der Waals surface area contributed by atoms with Gasteiger partial charge in [0, 0.05) is 22.9 Å². The molecule has 0 aliphatic rings. The Morgan fingerprint density at radius 1 is 1.36 bits per heavy atom. The molecule has 2 aromatic heterocycles. The van der Waals surface area contributed by atoms with Crippen LogP contribution in [-0.4, -0.2) is 22.4 Å². The molecule has 0 unspecified atom stereocenters. The summed E-state index contributed by atoms with van der Waals surface area (Å²) in [6.45, 7) is 4.33. The summed E-state index contributed by atoms with van der Waals surface area (Å²) in [4.78, 5) is 20.8. The van der Waals surface area contributed by atoms with Gasteiger partial charge in [0.15, 0.2) is 5.15 Å². The Balaban J connectivity index is 2.36. The van der Waals surface area contributed by atoms with Crippen molar-refractivity contribution in [2.24, 2.45) is 0 Å². The van der Waals surface area contributed by atoms with Gasteiger partial charge in [0.1, 0.15) is 5.82 Å². The highest BCUT2D eigenvalue weighted by Gasteiger charge is 2.17. The monoisotopic (exact) mass is 402 g/mol. The number of nitrogens with one attached hydrogen (secondary N) is 2. The van der Waals surface area contributed by atoms with Crippen molar-refractivity contribution < 1.29 is 4.79 Å². The fourth-order valence-electron chi connectivity index (χ4n) is 1.81. The molecule has 0 spiro atoms. The summed E-state index contributed by atoms with van der Waals surface area (Å²) in [5.74, 6) is 0.106. The van der Waals surface area contributed by atoms with Crippen molar-refractivity contribution in [3.05, 3.63) is 44.2 Å². The smallest absolute Gasteiger partial charge is 0.259 e. The number of hydrogen-bond acceptors (Lipinski definition) is 4. The molecule has 0 aliphatic heterocycles. The first-order chi connectivity index (χ1) is 10.4. The van der Waals surface area contributed by atoms with Gasteiger partial charge >= 0.3 is 0 Å². The molecule has 2 N–H and O–H groups in total. The predicted octanol–water partition coefficient (Wildman–Crippen LogP) is 4.54. The molecular formula is C14H13BrCl2N4O. The largest absolute Gasteiger partial charge is 0.370 e. The van der Waals surface area contributed by atoms with Gasteiger partial charge in [0.25, 0.3) is 5.91 Å². The molecule has 8 heteroatoms. The standard InChI is InChI=1S/C14H13BrCl2N4O/c1-3-18-13-9(5-8(15)6-19-13)14(22)21-11-10(16)4-7(2)20-12(11)17/h4-6H,3H2,1-2H3,(H,18,19)(H,21,22). The lowest BCUT2D eigenvalue weighted by Gasteiger charge is -2.12. The fourth-order valence-corrected chi connectivity index (χ4v) is 2.77. The summed E-state index contributed by atoms with van der Waals surface area (Å²) in [7, 11) is 0. The molecule has 0 bridgehead atoms. The third kappa shape index (κ3) is 3.88. The molecule has 0 atom stereocenters. The molecule has 1 amide bonds. The number of rotatable bonds is 4. The highest BCUT2D eigenvalue weighted by Crippen LogP contribution is 2.30. The number of aryl methyl sites for hydroxylation is 1. The van der Waals surface area contributed by atoms with E-state index in [1.54, 1.807) is 25.3 Å². The second-order valence-corrected chi connectivity index (χ2v) is 6.13. The number of anilines is 2. The SMILES string of the molecule is CCNc1ncc(Br)cc1C(=O)Nc1c(Cl)cc(C)nc1Cl. The number of carbonyl (C=O) groups excluding carboxylic acids is 1. The lowest BCUT2D eigenvalue weighted by atomic mass is 10.2. The second kappa shape index (κ2) is 7.26. The zero-order chi connectivity index (χ0) is 16.3. The minimum absolute atomic E-state index is 0.145. The normalized spacial score (nSPS) is 10.4. The van der Waals surface area contributed by atoms with Crippen LogP contribution in [0.1, 0.15) is 23.0 Å². The van der Waals surface area contributed by atoms with Crippen LogP contribution in [0.5, 0.6) is 0 Å². The van der Waals surface area contributed by atoms with Crippen molar-refractivity contribution >= 4 is 56.5 Å². The highest BCUT2D eigenvalue weighted by atomic mass is 79.9. The van der Waals surface area contributed by atoms with Gasteiger partial charge in [0.05, 0.1) is 16.3 Å². The third-order valence-corrected chi connectivity index (χ3v) is 3.74. The molecule has 0 saturated heterocycles. The van der Waals surface area contributed by atoms with E-state index >= 15 is 0 Å². The van der Waals surface area contributed by atoms with Crippen molar-refractivity contribution in [1.82, 2.24) is 9.97 Å². The van der Waals surface area contributed by atoms with E-state index in [0.717, 1.165) is 0 Å². The zero-order valence-corrected chi connectivity index (χ0v) is 15.0. The molecule has 5 nitrogen and oxygen atoms in total. The zero-order valence-electron chi connectivity index (χ0n) is 11.9. The van der Waals surface area contributed by atoms with Crippen LogP contribution in [0.2, 0.25) is 10.2 Å². The van der Waals surface area contributed by atoms with Crippen LogP contribution < -0.4 is 10.6 Å². The second-order valence-electron chi connectivity index (χ2n) is 4.45. The lowest BCUT2D eigenvalue weighted by molar-refractivity contribution is 0.102. The van der Waals surface area contributed by atoms with Crippen molar-refractivity contribution in [3.8, 4) is 0 Å². The van der Waals surface area contributed by atoms with Crippen LogP contribution in [0, 0.1) is 6.92 Å². The van der Waals surface area contributed by atoms with Gasteiger partial charge in [0.2, 0.25) is 0 Å². The van der Waals surface area contributed by atoms with Gasteiger partial charge in [-0.15, -0.1) is 0 Å². The highest BCUT2D eigenvalue weighted by molar-refractivity contribution is 9.10. The van der Waals surface area contributed by atoms with Crippen LogP contribution in [0.3, 0.4) is 0 Å². The topological polar surface area (TPSA) is 66.9 Å². The van der Waals surface area contributed by atoms with Crippen LogP contribution >= 0.6 is 39.1 Å². The molecule has 2 rings (SSSR count). The van der Waals surface area contributed by atoms with Gasteiger partial charge < -0.3 is 10.6 Å². The van der Waals surface area contributed by atoms with Gasteiger partial charge in [-0.3, -0.25) is 4.79 Å². The van der Waals surface area contributed by atoms with Crippen molar-refractivity contribution in [2.75, 3.05) is 17.2 Å². The first-order valence-electron chi connectivity index (χ1n) is 6.45. The van der Waals surface area contributed by atoms with Gasteiger partial charge in [-0.2, -0.15) is 0 Å². The van der Waals surface area contributed by atoms with E-state index in [2.05, 4.69) is 36.5 Å². The molecule has 22 heavy (non-hydrogen) atoms. The number of pyridine rings is 2. The van der Waals surface area contributed by atoms with E-state index in [9.17, 15) is 4.79 Å². The van der Waals surface area contributed by atoms with E-state index in [1.807, 2.05) is 6.92 Å². The molecule has 0 saturated carbocycles. The Bertz CT molecular complexity index is 701. The molecule has 2 aromatic rings. The maximum atomic E-state index is 12.5. The minimum Gasteiger partial charge on any atom is -0.370 e. The van der Waals surface area contributed by atoms with E-state index in [-0.39, 0.29) is 16.7 Å². The molecule has 0 fully saturated rings. The van der Waals surface area contributed by atoms with Crippen molar-refractivity contribution in [1.29, 1.82) is 0 Å². The van der Waals surface area contributed by atoms with Gasteiger partial charge in [-0.05, 0) is 41.9 Å². The van der Waals surface area contributed by atoms with Crippen LogP contribution in [-0.2, 0) is 0 Å². The average Bonchev–Trinajstić information content (AvgIpc) is 2.44. The Kier molecular flexibility index (Phi) is 5.61. The minimum atomic E-state index is -0.376. The maximum Gasteiger partial charge on any atom is 0.259 e. The van der Waals surface area contributed by atoms with Crippen LogP contribution in [0.4, 0.5) is 11.5 Å². The maximum absolute atomic E-state index is 12.5.